The van der Waals surface area contributed by atoms with Crippen LogP contribution in [0.5, 0.6) is 5.75 Å². The number of carbonyl (C=O) groups excluding carboxylic acids is 3. The van der Waals surface area contributed by atoms with E-state index in [1.807, 2.05) is 0 Å². The molecule has 1 aromatic rings. The summed E-state index contributed by atoms with van der Waals surface area (Å²) in [5.74, 6) is -0.897. The summed E-state index contributed by atoms with van der Waals surface area (Å²) in [6.07, 6.45) is 4.52. The Morgan fingerprint density at radius 1 is 1.19 bits per heavy atom. The second kappa shape index (κ2) is 9.94. The first-order valence-corrected chi connectivity index (χ1v) is 9.31. The maximum Gasteiger partial charge on any atom is 0.326 e. The molecule has 2 amide bonds. The number of likely N-dealkylation sites (N-methyl/N-ethyl adjacent to an activating group) is 1. The third-order valence-electron chi connectivity index (χ3n) is 4.87. The lowest BCUT2D eigenvalue weighted by Gasteiger charge is -2.32. The van der Waals surface area contributed by atoms with Crippen molar-refractivity contribution in [3.8, 4) is 5.75 Å². The molecule has 0 radical (unpaired) electrons. The summed E-state index contributed by atoms with van der Waals surface area (Å²) >= 11 is 0. The molecule has 1 aliphatic carbocycles. The maximum absolute atomic E-state index is 12.5. The fraction of sp³-hybridized carbons (Fsp3) is 0.550. The second-order valence-electron chi connectivity index (χ2n) is 6.76. The molecule has 0 unspecified atom stereocenters. The normalized spacial score (nSPS) is 15.5. The van der Waals surface area contributed by atoms with Crippen LogP contribution in [0.15, 0.2) is 24.3 Å². The smallest absolute Gasteiger partial charge is 0.326 e. The quantitative estimate of drug-likeness (QED) is 0.737. The fourth-order valence-corrected chi connectivity index (χ4v) is 3.30. The number of para-hydroxylation sites is 1. The van der Waals surface area contributed by atoms with Gasteiger partial charge in [-0.1, -0.05) is 31.4 Å². The summed E-state index contributed by atoms with van der Waals surface area (Å²) in [7, 11) is 3.22. The van der Waals surface area contributed by atoms with Crippen LogP contribution in [-0.2, 0) is 14.3 Å². The first-order chi connectivity index (χ1) is 12.9. The lowest BCUT2D eigenvalue weighted by molar-refractivity contribution is -0.158. The number of nitrogens with one attached hydrogen (secondary N) is 1. The van der Waals surface area contributed by atoms with Crippen LogP contribution in [0.1, 0.15) is 49.4 Å². The molecule has 0 aromatic heterocycles. The summed E-state index contributed by atoms with van der Waals surface area (Å²) in [5.41, 5.74) is 0.328. The van der Waals surface area contributed by atoms with Crippen LogP contribution < -0.4 is 10.1 Å². The molecular formula is C20H28N2O5. The highest BCUT2D eigenvalue weighted by Crippen LogP contribution is 2.22. The molecule has 7 heteroatoms. The SMILES string of the molecule is COc1ccccc1C(=O)NCC(=O)O[C@@H](C)C(=O)N(C)C1CCCCC1. The predicted octanol–water partition coefficient (Wildman–Crippen LogP) is 2.15. The van der Waals surface area contributed by atoms with Gasteiger partial charge in [0.15, 0.2) is 6.10 Å². The zero-order valence-corrected chi connectivity index (χ0v) is 16.2. The number of rotatable bonds is 7. The molecule has 1 fully saturated rings. The highest BCUT2D eigenvalue weighted by Gasteiger charge is 2.27. The summed E-state index contributed by atoms with van der Waals surface area (Å²) in [4.78, 5) is 38.3. The topological polar surface area (TPSA) is 84.9 Å². The van der Waals surface area contributed by atoms with Gasteiger partial charge in [0.25, 0.3) is 11.8 Å². The highest BCUT2D eigenvalue weighted by atomic mass is 16.5. The molecule has 1 atom stereocenters. The molecule has 1 N–H and O–H groups in total. The van der Waals surface area contributed by atoms with E-state index in [9.17, 15) is 14.4 Å². The number of methoxy groups -OCH3 is 1. The largest absolute Gasteiger partial charge is 0.496 e. The molecule has 1 aromatic carbocycles. The zero-order chi connectivity index (χ0) is 19.8. The minimum atomic E-state index is -0.882. The Labute approximate surface area is 160 Å². The lowest BCUT2D eigenvalue weighted by atomic mass is 9.94. The maximum atomic E-state index is 12.5. The van der Waals surface area contributed by atoms with Crippen molar-refractivity contribution in [1.82, 2.24) is 10.2 Å². The average molecular weight is 376 g/mol. The van der Waals surface area contributed by atoms with Gasteiger partial charge >= 0.3 is 5.97 Å². The summed E-state index contributed by atoms with van der Waals surface area (Å²) in [6, 6.07) is 6.93. The zero-order valence-electron chi connectivity index (χ0n) is 16.2. The van der Waals surface area contributed by atoms with Crippen LogP contribution in [0.25, 0.3) is 0 Å². The average Bonchev–Trinajstić information content (AvgIpc) is 2.71. The van der Waals surface area contributed by atoms with Crippen molar-refractivity contribution in [2.75, 3.05) is 20.7 Å². The molecule has 148 valence electrons. The van der Waals surface area contributed by atoms with Gasteiger partial charge in [0.05, 0.1) is 12.7 Å². The Morgan fingerprint density at radius 2 is 1.85 bits per heavy atom. The number of benzene rings is 1. The highest BCUT2D eigenvalue weighted by molar-refractivity contribution is 5.98. The van der Waals surface area contributed by atoms with Crippen LogP contribution in [-0.4, -0.2) is 55.5 Å². The monoisotopic (exact) mass is 376 g/mol. The molecular weight excluding hydrogens is 348 g/mol. The molecule has 0 saturated heterocycles. The second-order valence-corrected chi connectivity index (χ2v) is 6.76. The van der Waals surface area contributed by atoms with Gasteiger partial charge in [-0.25, -0.2) is 0 Å². The number of carbonyl (C=O) groups is 3. The van der Waals surface area contributed by atoms with E-state index < -0.39 is 18.0 Å². The van der Waals surface area contributed by atoms with Crippen molar-refractivity contribution in [3.05, 3.63) is 29.8 Å². The number of esters is 1. The summed E-state index contributed by atoms with van der Waals surface area (Å²) in [6.45, 7) is 1.24. The fourth-order valence-electron chi connectivity index (χ4n) is 3.30. The van der Waals surface area contributed by atoms with E-state index >= 15 is 0 Å². The Kier molecular flexibility index (Phi) is 7.64. The first kappa shape index (κ1) is 20.7. The number of amides is 2. The van der Waals surface area contributed by atoms with Gasteiger partial charge < -0.3 is 19.7 Å². The number of hydrogen-bond donors (Lipinski definition) is 1. The van der Waals surface area contributed by atoms with Gasteiger partial charge in [-0.3, -0.25) is 14.4 Å². The van der Waals surface area contributed by atoms with Gasteiger partial charge in [-0.15, -0.1) is 0 Å². The van der Waals surface area contributed by atoms with E-state index in [1.165, 1.54) is 13.5 Å². The summed E-state index contributed by atoms with van der Waals surface area (Å²) < 4.78 is 10.3. The molecule has 1 saturated carbocycles. The molecule has 1 aliphatic rings. The van der Waals surface area contributed by atoms with Gasteiger partial charge in [0, 0.05) is 13.1 Å². The Bertz CT molecular complexity index is 670. The van der Waals surface area contributed by atoms with Crippen LogP contribution >= 0.6 is 0 Å². The van der Waals surface area contributed by atoms with E-state index in [4.69, 9.17) is 9.47 Å². The summed E-state index contributed by atoms with van der Waals surface area (Å²) in [5, 5.41) is 2.49. The Hall–Kier alpha value is -2.57. The van der Waals surface area contributed by atoms with Gasteiger partial charge in [0.2, 0.25) is 0 Å². The third-order valence-corrected chi connectivity index (χ3v) is 4.87. The Balaban J connectivity index is 1.82. The predicted molar refractivity (Wildman–Crippen MR) is 101 cm³/mol. The molecule has 0 aliphatic heterocycles. The van der Waals surface area contributed by atoms with Crippen molar-refractivity contribution in [2.45, 2.75) is 51.2 Å². The number of hydrogen-bond acceptors (Lipinski definition) is 5. The standard InChI is InChI=1S/C20H28N2O5/c1-14(20(25)22(2)15-9-5-4-6-10-15)27-18(23)13-21-19(24)16-11-7-8-12-17(16)26-3/h7-8,11-12,14-15H,4-6,9-10,13H2,1-3H3,(H,21,24)/t14-/m0/s1. The van der Waals surface area contributed by atoms with E-state index in [0.29, 0.717) is 11.3 Å². The van der Waals surface area contributed by atoms with E-state index in [0.717, 1.165) is 25.7 Å². The first-order valence-electron chi connectivity index (χ1n) is 9.31. The van der Waals surface area contributed by atoms with Crippen LogP contribution in [0.3, 0.4) is 0 Å². The number of ether oxygens (including phenoxy) is 2. The molecule has 0 bridgehead atoms. The molecule has 7 nitrogen and oxygen atoms in total. The van der Waals surface area contributed by atoms with E-state index in [1.54, 1.807) is 43.1 Å². The number of nitrogens with zero attached hydrogens (tertiary/aromatic N) is 1. The van der Waals surface area contributed by atoms with Crippen molar-refractivity contribution >= 4 is 17.8 Å². The lowest BCUT2D eigenvalue weighted by Crippen LogP contribution is -2.45. The van der Waals surface area contributed by atoms with E-state index in [-0.39, 0.29) is 18.5 Å². The Morgan fingerprint density at radius 3 is 2.52 bits per heavy atom. The minimum absolute atomic E-state index is 0.206. The van der Waals surface area contributed by atoms with Crippen molar-refractivity contribution in [2.24, 2.45) is 0 Å². The minimum Gasteiger partial charge on any atom is -0.496 e. The van der Waals surface area contributed by atoms with Crippen LogP contribution in [0, 0.1) is 0 Å². The third kappa shape index (κ3) is 5.70. The van der Waals surface area contributed by atoms with Gasteiger partial charge in [-0.2, -0.15) is 0 Å². The van der Waals surface area contributed by atoms with Crippen molar-refractivity contribution in [1.29, 1.82) is 0 Å². The van der Waals surface area contributed by atoms with Gasteiger partial charge in [0.1, 0.15) is 12.3 Å². The van der Waals surface area contributed by atoms with Gasteiger partial charge in [-0.05, 0) is 31.9 Å². The molecule has 0 heterocycles. The van der Waals surface area contributed by atoms with Crippen LogP contribution in [0.4, 0.5) is 0 Å². The molecule has 0 spiro atoms. The van der Waals surface area contributed by atoms with Crippen LogP contribution in [0.2, 0.25) is 0 Å². The van der Waals surface area contributed by atoms with Crippen molar-refractivity contribution < 1.29 is 23.9 Å². The molecule has 27 heavy (non-hydrogen) atoms. The van der Waals surface area contributed by atoms with E-state index in [2.05, 4.69) is 5.32 Å². The van der Waals surface area contributed by atoms with Crippen molar-refractivity contribution in [3.63, 3.8) is 0 Å². The molecule has 2 rings (SSSR count).